The lowest BCUT2D eigenvalue weighted by Gasteiger charge is -2.09. The van der Waals surface area contributed by atoms with Crippen LogP contribution in [0, 0.1) is 0 Å². The Morgan fingerprint density at radius 2 is 1.94 bits per heavy atom. The first kappa shape index (κ1) is 12.6. The molecule has 0 fully saturated rings. The van der Waals surface area contributed by atoms with Crippen molar-refractivity contribution in [2.75, 3.05) is 5.73 Å². The summed E-state index contributed by atoms with van der Waals surface area (Å²) >= 11 is 3.16. The molecule has 0 amide bonds. The molecule has 6 heteroatoms. The van der Waals surface area contributed by atoms with Gasteiger partial charge in [0, 0.05) is 37.7 Å². The maximum absolute atomic E-state index is 11.5. The molecule has 2 aromatic rings. The Labute approximate surface area is 112 Å². The zero-order valence-corrected chi connectivity index (χ0v) is 11.1. The largest absolute Gasteiger partial charge is 0.394 e. The highest BCUT2D eigenvalue weighted by molar-refractivity contribution is 9.10. The third-order valence-corrected chi connectivity index (χ3v) is 3.13. The van der Waals surface area contributed by atoms with Crippen LogP contribution in [0.3, 0.4) is 0 Å². The molecule has 0 aliphatic rings. The number of rotatable bonds is 3. The van der Waals surface area contributed by atoms with E-state index in [0.717, 1.165) is 0 Å². The highest BCUT2D eigenvalue weighted by Gasteiger charge is 2.02. The highest BCUT2D eigenvalue weighted by atomic mass is 79.9. The van der Waals surface area contributed by atoms with Crippen molar-refractivity contribution in [2.45, 2.75) is 13.1 Å². The summed E-state index contributed by atoms with van der Waals surface area (Å²) in [6, 6.07) is 5.01. The molecule has 0 spiro atoms. The molecule has 5 nitrogen and oxygen atoms in total. The summed E-state index contributed by atoms with van der Waals surface area (Å²) in [6.45, 7) is 1.08. The topological polar surface area (TPSA) is 70.0 Å². The van der Waals surface area contributed by atoms with Gasteiger partial charge in [-0.25, -0.2) is 0 Å². The van der Waals surface area contributed by atoms with Gasteiger partial charge in [-0.05, 0) is 22.0 Å². The molecule has 0 bridgehead atoms. The van der Waals surface area contributed by atoms with E-state index in [0.29, 0.717) is 17.6 Å². The lowest BCUT2D eigenvalue weighted by molar-refractivity contribution is 0.562. The summed E-state index contributed by atoms with van der Waals surface area (Å²) in [5.74, 6) is 0. The fourth-order valence-corrected chi connectivity index (χ4v) is 2.11. The molecule has 0 unspecified atom stereocenters. The summed E-state index contributed by atoms with van der Waals surface area (Å²) < 4.78 is 3.80. The van der Waals surface area contributed by atoms with Gasteiger partial charge in [0.2, 0.25) is 5.43 Å². The zero-order chi connectivity index (χ0) is 13.1. The summed E-state index contributed by atoms with van der Waals surface area (Å²) in [6.07, 6.45) is 4.96. The van der Waals surface area contributed by atoms with Crippen molar-refractivity contribution in [3.05, 3.63) is 61.8 Å². The van der Waals surface area contributed by atoms with Crippen LogP contribution in [0.25, 0.3) is 0 Å². The van der Waals surface area contributed by atoms with Crippen LogP contribution >= 0.6 is 15.9 Å². The number of nitrogens with two attached hydrogens (primary N) is 1. The fourth-order valence-electron chi connectivity index (χ4n) is 1.61. The monoisotopic (exact) mass is 309 g/mol. The van der Waals surface area contributed by atoms with Crippen LogP contribution in [0.2, 0.25) is 0 Å². The van der Waals surface area contributed by atoms with E-state index < -0.39 is 0 Å². The standard InChI is InChI=1S/C12H12BrN3O2/c13-9-7-15(8-10(14)12(9)18)5-6-16-4-2-1-3-11(16)17/h1-4,7-8H,5-6,14H2. The van der Waals surface area contributed by atoms with E-state index in [1.165, 1.54) is 6.07 Å². The van der Waals surface area contributed by atoms with E-state index in [1.54, 1.807) is 39.9 Å². The highest BCUT2D eigenvalue weighted by Crippen LogP contribution is 2.06. The molecule has 94 valence electrons. The first-order valence-electron chi connectivity index (χ1n) is 5.38. The third-order valence-electron chi connectivity index (χ3n) is 2.56. The summed E-state index contributed by atoms with van der Waals surface area (Å²) in [5, 5.41) is 0. The van der Waals surface area contributed by atoms with Gasteiger partial charge in [0.05, 0.1) is 10.2 Å². The van der Waals surface area contributed by atoms with Gasteiger partial charge in [0.25, 0.3) is 5.56 Å². The number of pyridine rings is 2. The first-order chi connectivity index (χ1) is 8.58. The van der Waals surface area contributed by atoms with Gasteiger partial charge < -0.3 is 14.9 Å². The van der Waals surface area contributed by atoms with Crippen molar-refractivity contribution < 1.29 is 0 Å². The molecular weight excluding hydrogens is 298 g/mol. The Hall–Kier alpha value is -1.82. The summed E-state index contributed by atoms with van der Waals surface area (Å²) in [7, 11) is 0. The zero-order valence-electron chi connectivity index (χ0n) is 9.54. The van der Waals surface area contributed by atoms with E-state index in [2.05, 4.69) is 15.9 Å². The molecule has 2 heterocycles. The lowest BCUT2D eigenvalue weighted by Crippen LogP contribution is -2.21. The maximum Gasteiger partial charge on any atom is 0.250 e. The van der Waals surface area contributed by atoms with Gasteiger partial charge >= 0.3 is 0 Å². The molecular formula is C12H12BrN3O2. The van der Waals surface area contributed by atoms with Gasteiger partial charge in [-0.1, -0.05) is 6.07 Å². The number of hydrogen-bond acceptors (Lipinski definition) is 3. The van der Waals surface area contributed by atoms with Gasteiger partial charge in [-0.2, -0.15) is 0 Å². The average Bonchev–Trinajstić information content (AvgIpc) is 2.35. The molecule has 0 saturated carbocycles. The maximum atomic E-state index is 11.5. The van der Waals surface area contributed by atoms with Gasteiger partial charge in [0.1, 0.15) is 0 Å². The number of aryl methyl sites for hydroxylation is 2. The number of anilines is 1. The van der Waals surface area contributed by atoms with Crippen LogP contribution in [0.15, 0.2) is 50.9 Å². The molecule has 18 heavy (non-hydrogen) atoms. The Bertz CT molecular complexity index is 649. The fraction of sp³-hybridized carbons (Fsp3) is 0.167. The van der Waals surface area contributed by atoms with Gasteiger partial charge in [-0.3, -0.25) is 9.59 Å². The van der Waals surface area contributed by atoms with Crippen LogP contribution in [-0.2, 0) is 13.1 Å². The van der Waals surface area contributed by atoms with Crippen molar-refractivity contribution in [2.24, 2.45) is 0 Å². The molecule has 0 aliphatic heterocycles. The molecule has 0 saturated heterocycles. The SMILES string of the molecule is Nc1cn(CCn2ccccc2=O)cc(Br)c1=O. The predicted molar refractivity (Wildman–Crippen MR) is 73.5 cm³/mol. The molecule has 0 aliphatic carbocycles. The van der Waals surface area contributed by atoms with Crippen molar-refractivity contribution in [3.63, 3.8) is 0 Å². The molecule has 0 atom stereocenters. The van der Waals surface area contributed by atoms with Crippen molar-refractivity contribution in [1.29, 1.82) is 0 Å². The second kappa shape index (κ2) is 5.22. The second-order valence-corrected chi connectivity index (χ2v) is 4.72. The molecule has 2 aromatic heterocycles. The van der Waals surface area contributed by atoms with Crippen LogP contribution < -0.4 is 16.7 Å². The molecule has 0 radical (unpaired) electrons. The second-order valence-electron chi connectivity index (χ2n) is 3.86. The van der Waals surface area contributed by atoms with Crippen LogP contribution in [-0.4, -0.2) is 9.13 Å². The Morgan fingerprint density at radius 1 is 1.17 bits per heavy atom. The Morgan fingerprint density at radius 3 is 2.61 bits per heavy atom. The average molecular weight is 310 g/mol. The quantitative estimate of drug-likeness (QED) is 0.921. The smallest absolute Gasteiger partial charge is 0.250 e. The van der Waals surface area contributed by atoms with E-state index in [1.807, 2.05) is 0 Å². The van der Waals surface area contributed by atoms with Gasteiger partial charge in [-0.15, -0.1) is 0 Å². The Kier molecular flexibility index (Phi) is 3.66. The van der Waals surface area contributed by atoms with E-state index in [4.69, 9.17) is 5.73 Å². The van der Waals surface area contributed by atoms with Gasteiger partial charge in [0.15, 0.2) is 0 Å². The minimum Gasteiger partial charge on any atom is -0.394 e. The van der Waals surface area contributed by atoms with E-state index in [-0.39, 0.29) is 16.7 Å². The van der Waals surface area contributed by atoms with Crippen molar-refractivity contribution in [1.82, 2.24) is 9.13 Å². The number of nitrogen functional groups attached to an aromatic ring is 1. The van der Waals surface area contributed by atoms with Crippen molar-refractivity contribution in [3.8, 4) is 0 Å². The predicted octanol–water partition coefficient (Wildman–Crippen LogP) is 1.05. The summed E-state index contributed by atoms with van der Waals surface area (Å²) in [5.41, 5.74) is 5.50. The van der Waals surface area contributed by atoms with Crippen LogP contribution in [0.1, 0.15) is 0 Å². The lowest BCUT2D eigenvalue weighted by atomic mass is 10.4. The number of nitrogens with zero attached hydrogens (tertiary/aromatic N) is 2. The van der Waals surface area contributed by atoms with E-state index >= 15 is 0 Å². The van der Waals surface area contributed by atoms with Crippen LogP contribution in [0.4, 0.5) is 5.69 Å². The molecule has 2 N–H and O–H groups in total. The first-order valence-corrected chi connectivity index (χ1v) is 6.18. The minimum atomic E-state index is -0.219. The summed E-state index contributed by atoms with van der Waals surface area (Å²) in [4.78, 5) is 22.9. The number of hydrogen-bond donors (Lipinski definition) is 1. The number of aromatic nitrogens is 2. The van der Waals surface area contributed by atoms with Crippen molar-refractivity contribution >= 4 is 21.6 Å². The Balaban J connectivity index is 2.19. The normalized spacial score (nSPS) is 10.5. The molecule has 0 aromatic carbocycles. The third kappa shape index (κ3) is 2.70. The minimum absolute atomic E-state index is 0.0504. The molecule has 2 rings (SSSR count). The van der Waals surface area contributed by atoms with Crippen LogP contribution in [0.5, 0.6) is 0 Å². The van der Waals surface area contributed by atoms with E-state index in [9.17, 15) is 9.59 Å². The number of halogens is 1.